The molecule has 58 valence electrons. The lowest BCUT2D eigenvalue weighted by atomic mass is 10.4. The Labute approximate surface area is 68.7 Å². The van der Waals surface area contributed by atoms with Crippen LogP contribution in [0.3, 0.4) is 0 Å². The van der Waals surface area contributed by atoms with Crippen molar-refractivity contribution >= 4 is 34.4 Å². The van der Waals surface area contributed by atoms with Crippen LogP contribution in [-0.4, -0.2) is 23.1 Å². The summed E-state index contributed by atoms with van der Waals surface area (Å²) < 4.78 is 0. The van der Waals surface area contributed by atoms with E-state index < -0.39 is 17.2 Å². The molecule has 0 aromatic carbocycles. The molecule has 0 spiro atoms. The fourth-order valence-electron chi connectivity index (χ4n) is 0.337. The lowest BCUT2D eigenvalue weighted by Crippen LogP contribution is -2.37. The molecule has 0 heterocycles. The standard InChI is InChI=1S/C5H7Cl2NO2/c1-3(5(7)10)8-4(9)2-6/h3H,2H2,1H3,(H,8,9)/t3-/m0/s1. The molecule has 0 bridgehead atoms. The normalized spacial score (nSPS) is 12.3. The van der Waals surface area contributed by atoms with Crippen molar-refractivity contribution in [2.45, 2.75) is 13.0 Å². The maximum Gasteiger partial charge on any atom is 0.243 e. The smallest absolute Gasteiger partial charge is 0.243 e. The Morgan fingerprint density at radius 2 is 2.10 bits per heavy atom. The van der Waals surface area contributed by atoms with Gasteiger partial charge in [-0.15, -0.1) is 11.6 Å². The molecule has 0 radical (unpaired) electrons. The lowest BCUT2D eigenvalue weighted by Gasteiger charge is -2.05. The average molecular weight is 184 g/mol. The maximum atomic E-state index is 10.5. The van der Waals surface area contributed by atoms with Gasteiger partial charge in [0.15, 0.2) is 0 Å². The zero-order valence-corrected chi connectivity index (χ0v) is 6.87. The third-order valence-electron chi connectivity index (χ3n) is 0.839. The Bertz CT molecular complexity index is 149. The van der Waals surface area contributed by atoms with E-state index in [-0.39, 0.29) is 5.88 Å². The van der Waals surface area contributed by atoms with Crippen LogP contribution < -0.4 is 5.32 Å². The van der Waals surface area contributed by atoms with E-state index in [2.05, 4.69) is 5.32 Å². The zero-order valence-electron chi connectivity index (χ0n) is 5.36. The minimum Gasteiger partial charge on any atom is -0.344 e. The summed E-state index contributed by atoms with van der Waals surface area (Å²) in [5.41, 5.74) is 0. The van der Waals surface area contributed by atoms with Crippen LogP contribution in [0.25, 0.3) is 0 Å². The van der Waals surface area contributed by atoms with Gasteiger partial charge in [-0.3, -0.25) is 9.59 Å². The number of halogens is 2. The van der Waals surface area contributed by atoms with E-state index in [1.165, 1.54) is 6.92 Å². The minimum absolute atomic E-state index is 0.158. The van der Waals surface area contributed by atoms with Gasteiger partial charge in [0.1, 0.15) is 11.9 Å². The van der Waals surface area contributed by atoms with Crippen LogP contribution in [0, 0.1) is 0 Å². The van der Waals surface area contributed by atoms with Crippen LogP contribution in [0.15, 0.2) is 0 Å². The van der Waals surface area contributed by atoms with E-state index in [0.29, 0.717) is 0 Å². The molecule has 0 saturated carbocycles. The maximum absolute atomic E-state index is 10.5. The van der Waals surface area contributed by atoms with Crippen molar-refractivity contribution in [3.8, 4) is 0 Å². The third kappa shape index (κ3) is 3.69. The molecule has 5 heteroatoms. The van der Waals surface area contributed by atoms with E-state index in [1.807, 2.05) is 0 Å². The van der Waals surface area contributed by atoms with Crippen LogP contribution in [0.2, 0.25) is 0 Å². The SMILES string of the molecule is C[C@H](NC(=O)CCl)C(=O)Cl. The Morgan fingerprint density at radius 3 is 2.40 bits per heavy atom. The van der Waals surface area contributed by atoms with Crippen LogP contribution >= 0.6 is 23.2 Å². The molecule has 0 fully saturated rings. The quantitative estimate of drug-likeness (QED) is 0.512. The monoisotopic (exact) mass is 183 g/mol. The van der Waals surface area contributed by atoms with E-state index >= 15 is 0 Å². The zero-order chi connectivity index (χ0) is 8.15. The summed E-state index contributed by atoms with van der Waals surface area (Å²) in [5.74, 6) is -0.558. The highest BCUT2D eigenvalue weighted by Gasteiger charge is 2.11. The van der Waals surface area contributed by atoms with E-state index in [1.54, 1.807) is 0 Å². The third-order valence-corrected chi connectivity index (χ3v) is 1.41. The summed E-state index contributed by atoms with van der Waals surface area (Å²) >= 11 is 10.2. The van der Waals surface area contributed by atoms with E-state index in [4.69, 9.17) is 23.2 Å². The summed E-state index contributed by atoms with van der Waals surface area (Å²) in [6.45, 7) is 1.49. The molecule has 1 atom stereocenters. The molecule has 0 unspecified atom stereocenters. The molecule has 1 amide bonds. The second kappa shape index (κ2) is 4.52. The average Bonchev–Trinajstić information content (AvgIpc) is 1.87. The molecule has 0 rings (SSSR count). The molecule has 0 aromatic heterocycles. The highest BCUT2D eigenvalue weighted by molar-refractivity contribution is 6.64. The minimum atomic E-state index is -0.659. The molecule has 0 aliphatic heterocycles. The van der Waals surface area contributed by atoms with Gasteiger partial charge in [0.2, 0.25) is 11.1 Å². The first-order chi connectivity index (χ1) is 4.57. The fourth-order valence-corrected chi connectivity index (χ4v) is 0.469. The van der Waals surface area contributed by atoms with Crippen LogP contribution in [-0.2, 0) is 9.59 Å². The first kappa shape index (κ1) is 9.72. The van der Waals surface area contributed by atoms with Crippen molar-refractivity contribution in [1.82, 2.24) is 5.32 Å². The number of rotatable bonds is 3. The highest BCUT2D eigenvalue weighted by atomic mass is 35.5. The van der Waals surface area contributed by atoms with Gasteiger partial charge in [-0.1, -0.05) is 0 Å². The second-order valence-corrected chi connectivity index (χ2v) is 2.37. The van der Waals surface area contributed by atoms with Crippen LogP contribution in [0.1, 0.15) is 6.92 Å². The van der Waals surface area contributed by atoms with Gasteiger partial charge in [-0.05, 0) is 18.5 Å². The van der Waals surface area contributed by atoms with E-state index in [9.17, 15) is 9.59 Å². The Morgan fingerprint density at radius 1 is 1.60 bits per heavy atom. The summed E-state index contributed by atoms with van der Waals surface area (Å²) in [4.78, 5) is 20.8. The van der Waals surface area contributed by atoms with Crippen molar-refractivity contribution in [2.24, 2.45) is 0 Å². The van der Waals surface area contributed by atoms with Crippen molar-refractivity contribution in [3.63, 3.8) is 0 Å². The van der Waals surface area contributed by atoms with Crippen LogP contribution in [0.5, 0.6) is 0 Å². The van der Waals surface area contributed by atoms with Crippen molar-refractivity contribution in [3.05, 3.63) is 0 Å². The molecule has 0 aliphatic rings. The van der Waals surface area contributed by atoms with Gasteiger partial charge in [0, 0.05) is 0 Å². The molecule has 0 aliphatic carbocycles. The first-order valence-corrected chi connectivity index (χ1v) is 3.54. The number of amides is 1. The van der Waals surface area contributed by atoms with E-state index in [0.717, 1.165) is 0 Å². The topological polar surface area (TPSA) is 46.2 Å². The first-order valence-electron chi connectivity index (χ1n) is 2.62. The number of carbonyl (C=O) groups excluding carboxylic acids is 2. The Kier molecular flexibility index (Phi) is 4.40. The number of nitrogens with one attached hydrogen (secondary N) is 1. The second-order valence-electron chi connectivity index (χ2n) is 1.73. The number of hydrogen-bond acceptors (Lipinski definition) is 2. The van der Waals surface area contributed by atoms with Gasteiger partial charge >= 0.3 is 0 Å². The van der Waals surface area contributed by atoms with Gasteiger partial charge in [-0.2, -0.15) is 0 Å². The van der Waals surface area contributed by atoms with Gasteiger partial charge in [-0.25, -0.2) is 0 Å². The fraction of sp³-hybridized carbons (Fsp3) is 0.600. The molecular weight excluding hydrogens is 177 g/mol. The molecule has 3 nitrogen and oxygen atoms in total. The molecule has 0 saturated heterocycles. The number of carbonyl (C=O) groups is 2. The Balaban J connectivity index is 3.68. The van der Waals surface area contributed by atoms with Crippen LogP contribution in [0.4, 0.5) is 0 Å². The van der Waals surface area contributed by atoms with Gasteiger partial charge in [0.25, 0.3) is 0 Å². The van der Waals surface area contributed by atoms with Crippen molar-refractivity contribution in [2.75, 3.05) is 5.88 Å². The summed E-state index contributed by atoms with van der Waals surface area (Å²) in [6, 6.07) is -0.659. The molecule has 0 aromatic rings. The molecule has 1 N–H and O–H groups in total. The number of alkyl halides is 1. The molecular formula is C5H7Cl2NO2. The summed E-state index contributed by atoms with van der Waals surface area (Å²) in [6.07, 6.45) is 0. The molecule has 10 heavy (non-hydrogen) atoms. The number of hydrogen-bond donors (Lipinski definition) is 1. The van der Waals surface area contributed by atoms with Crippen molar-refractivity contribution in [1.29, 1.82) is 0 Å². The highest BCUT2D eigenvalue weighted by Crippen LogP contribution is 1.89. The summed E-state index contributed by atoms with van der Waals surface area (Å²) in [5, 5.41) is 1.68. The lowest BCUT2D eigenvalue weighted by molar-refractivity contribution is -0.122. The Hall–Kier alpha value is -0.280. The largest absolute Gasteiger partial charge is 0.344 e. The van der Waals surface area contributed by atoms with Gasteiger partial charge in [0.05, 0.1) is 0 Å². The van der Waals surface area contributed by atoms with Gasteiger partial charge < -0.3 is 5.32 Å². The predicted octanol–water partition coefficient (Wildman–Crippen LogP) is 0.495. The predicted molar refractivity (Wildman–Crippen MR) is 39.2 cm³/mol. The van der Waals surface area contributed by atoms with Crippen molar-refractivity contribution < 1.29 is 9.59 Å². The summed E-state index contributed by atoms with van der Waals surface area (Å²) in [7, 11) is 0.